The summed E-state index contributed by atoms with van der Waals surface area (Å²) in [6.45, 7) is 0. The van der Waals surface area contributed by atoms with Crippen LogP contribution in [0.4, 0.5) is 15.9 Å². The first-order valence-electron chi connectivity index (χ1n) is 7.21. The van der Waals surface area contributed by atoms with E-state index in [-0.39, 0.29) is 22.9 Å². The second-order valence-electron chi connectivity index (χ2n) is 5.24. The molecular weight excluding hydrogens is 323 g/mol. The summed E-state index contributed by atoms with van der Waals surface area (Å²) in [4.78, 5) is 14.7. The first kappa shape index (κ1) is 16.1. The predicted molar refractivity (Wildman–Crippen MR) is 90.8 cm³/mol. The van der Waals surface area contributed by atoms with Crippen molar-refractivity contribution in [3.8, 4) is 28.5 Å². The highest BCUT2D eigenvalue weighted by Gasteiger charge is 2.15. The highest BCUT2D eigenvalue weighted by Crippen LogP contribution is 2.32. The van der Waals surface area contributed by atoms with E-state index in [1.54, 1.807) is 24.3 Å². The molecule has 0 aliphatic heterocycles. The van der Waals surface area contributed by atoms with Crippen LogP contribution in [0.5, 0.6) is 0 Å². The minimum atomic E-state index is -0.513. The van der Waals surface area contributed by atoms with Crippen molar-refractivity contribution in [3.05, 3.63) is 76.1 Å². The van der Waals surface area contributed by atoms with Crippen molar-refractivity contribution in [2.24, 2.45) is 0 Å². The molecule has 1 heterocycles. The summed E-state index contributed by atoms with van der Waals surface area (Å²) < 4.78 is 13.1. The van der Waals surface area contributed by atoms with Crippen LogP contribution in [-0.2, 0) is 0 Å². The Balaban J connectivity index is 2.21. The van der Waals surface area contributed by atoms with Crippen LogP contribution in [-0.4, -0.2) is 9.91 Å². The van der Waals surface area contributed by atoms with Crippen LogP contribution in [0.25, 0.3) is 22.4 Å². The Bertz CT molecular complexity index is 1010. The summed E-state index contributed by atoms with van der Waals surface area (Å²) in [5, 5.41) is 20.4. The van der Waals surface area contributed by atoms with E-state index in [2.05, 4.69) is 4.98 Å². The normalized spacial score (nSPS) is 10.2. The highest BCUT2D eigenvalue weighted by molar-refractivity contribution is 5.80. The minimum Gasteiger partial charge on any atom is -0.383 e. The van der Waals surface area contributed by atoms with Crippen molar-refractivity contribution >= 4 is 11.5 Å². The summed E-state index contributed by atoms with van der Waals surface area (Å²) in [5.74, 6) is -0.380. The van der Waals surface area contributed by atoms with Crippen LogP contribution in [0.1, 0.15) is 5.56 Å². The van der Waals surface area contributed by atoms with Crippen LogP contribution in [0.3, 0.4) is 0 Å². The quantitative estimate of drug-likeness (QED) is 0.577. The van der Waals surface area contributed by atoms with Gasteiger partial charge in [-0.1, -0.05) is 12.1 Å². The molecule has 0 saturated carbocycles. The zero-order valence-electron chi connectivity index (χ0n) is 12.8. The molecule has 0 unspecified atom stereocenters. The van der Waals surface area contributed by atoms with Crippen molar-refractivity contribution in [2.75, 3.05) is 5.73 Å². The maximum absolute atomic E-state index is 13.1. The largest absolute Gasteiger partial charge is 0.383 e. The van der Waals surface area contributed by atoms with Crippen LogP contribution in [0.15, 0.2) is 54.6 Å². The molecule has 0 spiro atoms. The molecule has 25 heavy (non-hydrogen) atoms. The van der Waals surface area contributed by atoms with Crippen LogP contribution in [0, 0.1) is 27.3 Å². The fourth-order valence-corrected chi connectivity index (χ4v) is 2.47. The summed E-state index contributed by atoms with van der Waals surface area (Å²) in [6.07, 6.45) is 0. The minimum absolute atomic E-state index is 0.00540. The number of nitrogen functional groups attached to an aromatic ring is 1. The van der Waals surface area contributed by atoms with E-state index >= 15 is 0 Å². The van der Waals surface area contributed by atoms with E-state index in [9.17, 15) is 19.8 Å². The van der Waals surface area contributed by atoms with Gasteiger partial charge in [0.2, 0.25) is 0 Å². The van der Waals surface area contributed by atoms with Gasteiger partial charge in [0.1, 0.15) is 23.3 Å². The Morgan fingerprint density at radius 3 is 2.48 bits per heavy atom. The third-order valence-corrected chi connectivity index (χ3v) is 3.67. The number of nitrogens with two attached hydrogens (primary N) is 1. The van der Waals surface area contributed by atoms with Crippen LogP contribution in [0.2, 0.25) is 0 Å². The Morgan fingerprint density at radius 2 is 1.84 bits per heavy atom. The molecule has 3 aromatic rings. The zero-order chi connectivity index (χ0) is 18.0. The summed E-state index contributed by atoms with van der Waals surface area (Å²) in [7, 11) is 0. The molecule has 2 N–H and O–H groups in total. The van der Waals surface area contributed by atoms with Gasteiger partial charge in [0, 0.05) is 23.3 Å². The molecule has 7 heteroatoms. The second-order valence-corrected chi connectivity index (χ2v) is 5.24. The fourth-order valence-electron chi connectivity index (χ4n) is 2.47. The number of hydrogen-bond donors (Lipinski definition) is 1. The van der Waals surface area contributed by atoms with E-state index in [4.69, 9.17) is 5.73 Å². The van der Waals surface area contributed by atoms with E-state index < -0.39 is 4.92 Å². The molecule has 6 nitrogen and oxygen atoms in total. The SMILES string of the molecule is N#Cc1c(-c2cccc([N+](=O)[O-])c2)cc(-c2ccc(F)cc2)nc1N. The molecule has 0 fully saturated rings. The molecule has 1 aromatic heterocycles. The number of nitrogens with zero attached hydrogens (tertiary/aromatic N) is 3. The topological polar surface area (TPSA) is 106 Å². The number of nitriles is 1. The van der Waals surface area contributed by atoms with Crippen molar-refractivity contribution in [3.63, 3.8) is 0 Å². The predicted octanol–water partition coefficient (Wildman–Crippen LogP) is 3.92. The Labute approximate surface area is 142 Å². The van der Waals surface area contributed by atoms with Gasteiger partial charge >= 0.3 is 0 Å². The molecule has 0 aliphatic carbocycles. The lowest BCUT2D eigenvalue weighted by Crippen LogP contribution is -2.00. The van der Waals surface area contributed by atoms with Gasteiger partial charge in [-0.3, -0.25) is 10.1 Å². The number of anilines is 1. The summed E-state index contributed by atoms with van der Waals surface area (Å²) in [5.41, 5.74) is 7.89. The van der Waals surface area contributed by atoms with Gasteiger partial charge in [0.15, 0.2) is 0 Å². The van der Waals surface area contributed by atoms with Crippen LogP contribution < -0.4 is 5.73 Å². The van der Waals surface area contributed by atoms with E-state index in [0.29, 0.717) is 22.4 Å². The van der Waals surface area contributed by atoms with E-state index in [0.717, 1.165) is 0 Å². The zero-order valence-corrected chi connectivity index (χ0v) is 12.8. The van der Waals surface area contributed by atoms with Crippen molar-refractivity contribution in [1.29, 1.82) is 5.26 Å². The Morgan fingerprint density at radius 1 is 1.12 bits per heavy atom. The van der Waals surface area contributed by atoms with Crippen molar-refractivity contribution in [2.45, 2.75) is 0 Å². The molecule has 3 rings (SSSR count). The molecule has 0 bridgehead atoms. The van der Waals surface area contributed by atoms with Crippen molar-refractivity contribution in [1.82, 2.24) is 4.98 Å². The molecule has 0 radical (unpaired) electrons. The summed E-state index contributed by atoms with van der Waals surface area (Å²) in [6, 6.07) is 15.2. The monoisotopic (exact) mass is 334 g/mol. The molecule has 0 amide bonds. The van der Waals surface area contributed by atoms with Gasteiger partial charge in [-0.15, -0.1) is 0 Å². The number of pyridine rings is 1. The number of benzene rings is 2. The second kappa shape index (κ2) is 6.37. The van der Waals surface area contributed by atoms with Gasteiger partial charge in [-0.25, -0.2) is 9.37 Å². The smallest absolute Gasteiger partial charge is 0.270 e. The average molecular weight is 334 g/mol. The molecular formula is C18H11FN4O2. The lowest BCUT2D eigenvalue weighted by molar-refractivity contribution is -0.384. The number of nitro benzene ring substituents is 1. The van der Waals surface area contributed by atoms with Gasteiger partial charge in [-0.2, -0.15) is 5.26 Å². The Kier molecular flexibility index (Phi) is 4.10. The number of rotatable bonds is 3. The van der Waals surface area contributed by atoms with Gasteiger partial charge in [-0.05, 0) is 35.9 Å². The first-order chi connectivity index (χ1) is 12.0. The van der Waals surface area contributed by atoms with Crippen LogP contribution >= 0.6 is 0 Å². The Hall–Kier alpha value is -3.79. The fraction of sp³-hybridized carbons (Fsp3) is 0. The maximum atomic E-state index is 13.1. The lowest BCUT2D eigenvalue weighted by atomic mass is 9.98. The molecule has 2 aromatic carbocycles. The average Bonchev–Trinajstić information content (AvgIpc) is 2.61. The molecule has 122 valence electrons. The number of nitro groups is 1. The standard InChI is InChI=1S/C18H11FN4O2/c19-13-6-4-11(5-7-13)17-9-15(16(10-20)18(21)22-17)12-2-1-3-14(8-12)23(24)25/h1-9H,(H2,21,22). The number of non-ortho nitro benzene ring substituents is 1. The first-order valence-corrected chi connectivity index (χ1v) is 7.21. The molecule has 0 saturated heterocycles. The molecule has 0 atom stereocenters. The van der Waals surface area contributed by atoms with Gasteiger partial charge in [0.05, 0.1) is 10.6 Å². The lowest BCUT2D eigenvalue weighted by Gasteiger charge is -2.10. The number of aromatic nitrogens is 1. The highest BCUT2D eigenvalue weighted by atomic mass is 19.1. The number of hydrogen-bond acceptors (Lipinski definition) is 5. The molecule has 0 aliphatic rings. The summed E-state index contributed by atoms with van der Waals surface area (Å²) >= 11 is 0. The number of halogens is 1. The van der Waals surface area contributed by atoms with Gasteiger partial charge < -0.3 is 5.73 Å². The third kappa shape index (κ3) is 3.14. The third-order valence-electron chi connectivity index (χ3n) is 3.67. The van der Waals surface area contributed by atoms with Gasteiger partial charge in [0.25, 0.3) is 5.69 Å². The van der Waals surface area contributed by atoms with E-state index in [1.807, 2.05) is 6.07 Å². The van der Waals surface area contributed by atoms with E-state index in [1.165, 1.54) is 30.3 Å². The maximum Gasteiger partial charge on any atom is 0.270 e. The van der Waals surface area contributed by atoms with Crippen molar-refractivity contribution < 1.29 is 9.31 Å².